The molecule has 1 aromatic heterocycles. The van der Waals surface area contributed by atoms with E-state index in [2.05, 4.69) is 11.9 Å². The van der Waals surface area contributed by atoms with E-state index >= 15 is 0 Å². The Balaban J connectivity index is 1.67. The van der Waals surface area contributed by atoms with Crippen LogP contribution in [0.1, 0.15) is 35.2 Å². The molecule has 2 aliphatic heterocycles. The molecular formula is C26H22N2O4. The first-order valence-electron chi connectivity index (χ1n) is 10.6. The van der Waals surface area contributed by atoms with Crippen LogP contribution in [-0.4, -0.2) is 28.4 Å². The van der Waals surface area contributed by atoms with Crippen molar-refractivity contribution >= 4 is 23.1 Å². The number of fused-ring (bicyclic) bond motifs is 1. The van der Waals surface area contributed by atoms with Gasteiger partial charge in [-0.15, -0.1) is 0 Å². The summed E-state index contributed by atoms with van der Waals surface area (Å²) in [5, 5.41) is 11.2. The van der Waals surface area contributed by atoms with Gasteiger partial charge in [0, 0.05) is 30.1 Å². The number of nitrogens with zero attached hydrogens (tertiary/aromatic N) is 2. The topological polar surface area (TPSA) is 79.7 Å². The number of carbonyl (C=O) groups is 2. The summed E-state index contributed by atoms with van der Waals surface area (Å²) in [6.07, 6.45) is 4.84. The molecule has 2 aromatic carbocycles. The van der Waals surface area contributed by atoms with Crippen LogP contribution in [0.4, 0.5) is 5.69 Å². The van der Waals surface area contributed by atoms with Crippen LogP contribution in [0.25, 0.3) is 5.76 Å². The van der Waals surface area contributed by atoms with Crippen molar-refractivity contribution in [3.05, 3.63) is 94.8 Å². The number of aromatic nitrogens is 1. The zero-order valence-electron chi connectivity index (χ0n) is 17.6. The van der Waals surface area contributed by atoms with E-state index in [1.807, 2.05) is 30.3 Å². The quantitative estimate of drug-likeness (QED) is 0.384. The van der Waals surface area contributed by atoms with Crippen molar-refractivity contribution in [3.63, 3.8) is 0 Å². The lowest BCUT2D eigenvalue weighted by molar-refractivity contribution is -0.132. The van der Waals surface area contributed by atoms with Crippen molar-refractivity contribution in [2.24, 2.45) is 0 Å². The Morgan fingerprint density at radius 3 is 2.56 bits per heavy atom. The zero-order chi connectivity index (χ0) is 22.2. The molecule has 0 saturated carbocycles. The summed E-state index contributed by atoms with van der Waals surface area (Å²) in [6, 6.07) is 15.7. The third-order valence-electron chi connectivity index (χ3n) is 6.05. The van der Waals surface area contributed by atoms with Gasteiger partial charge in [-0.1, -0.05) is 19.1 Å². The molecule has 0 bridgehead atoms. The average Bonchev–Trinajstić information content (AvgIpc) is 3.41. The highest BCUT2D eigenvalue weighted by molar-refractivity contribution is 6.51. The summed E-state index contributed by atoms with van der Waals surface area (Å²) >= 11 is 0. The van der Waals surface area contributed by atoms with E-state index in [9.17, 15) is 14.7 Å². The predicted molar refractivity (Wildman–Crippen MR) is 120 cm³/mol. The van der Waals surface area contributed by atoms with Gasteiger partial charge in [0.15, 0.2) is 0 Å². The molecule has 0 radical (unpaired) electrons. The fourth-order valence-electron chi connectivity index (χ4n) is 4.34. The second kappa shape index (κ2) is 7.96. The Morgan fingerprint density at radius 1 is 1.09 bits per heavy atom. The van der Waals surface area contributed by atoms with Crippen LogP contribution in [0.2, 0.25) is 0 Å². The number of ketones is 1. The number of carbonyl (C=O) groups excluding carboxylic acids is 2. The second-order valence-electron chi connectivity index (χ2n) is 7.89. The lowest BCUT2D eigenvalue weighted by atomic mass is 9.95. The molecule has 1 unspecified atom stereocenters. The third-order valence-corrected chi connectivity index (χ3v) is 6.05. The lowest BCUT2D eigenvalue weighted by Crippen LogP contribution is -2.29. The number of anilines is 1. The van der Waals surface area contributed by atoms with E-state index in [1.54, 1.807) is 36.7 Å². The van der Waals surface area contributed by atoms with Gasteiger partial charge in [-0.2, -0.15) is 0 Å². The zero-order valence-corrected chi connectivity index (χ0v) is 17.6. The normalized spacial score (nSPS) is 19.2. The number of amides is 1. The lowest BCUT2D eigenvalue weighted by Gasteiger charge is -2.25. The summed E-state index contributed by atoms with van der Waals surface area (Å²) in [4.78, 5) is 31.9. The minimum atomic E-state index is -0.755. The highest BCUT2D eigenvalue weighted by atomic mass is 16.5. The largest absolute Gasteiger partial charge is 0.507 e. The first kappa shape index (κ1) is 20.0. The summed E-state index contributed by atoms with van der Waals surface area (Å²) in [6.45, 7) is 2.65. The number of aryl methyl sites for hydroxylation is 1. The highest BCUT2D eigenvalue weighted by Gasteiger charge is 2.47. The van der Waals surface area contributed by atoms with Gasteiger partial charge >= 0.3 is 0 Å². The number of rotatable bonds is 4. The molecule has 160 valence electrons. The molecule has 3 aromatic rings. The first-order chi connectivity index (χ1) is 15.6. The fourth-order valence-corrected chi connectivity index (χ4v) is 4.34. The fraction of sp³-hybridized carbons (Fsp3) is 0.192. The van der Waals surface area contributed by atoms with Crippen molar-refractivity contribution in [1.29, 1.82) is 0 Å². The molecule has 0 spiro atoms. The number of benzene rings is 2. The van der Waals surface area contributed by atoms with Crippen LogP contribution in [0, 0.1) is 0 Å². The standard InChI is InChI=1S/C26H22N2O4/c1-2-16-3-6-20(7-4-16)28-23(17-9-12-27-13-10-17)22(25(30)26(28)31)24(29)19-5-8-21-18(15-19)11-14-32-21/h3-10,12-13,15,23,29H,2,11,14H2,1H3/b24-22-. The molecule has 1 saturated heterocycles. The van der Waals surface area contributed by atoms with Crippen LogP contribution in [0.3, 0.4) is 0 Å². The molecule has 1 N–H and O–H groups in total. The van der Waals surface area contributed by atoms with Gasteiger partial charge in [-0.05, 0) is 65.6 Å². The minimum Gasteiger partial charge on any atom is -0.507 e. The van der Waals surface area contributed by atoms with Gasteiger partial charge in [0.1, 0.15) is 11.5 Å². The molecule has 1 atom stereocenters. The van der Waals surface area contributed by atoms with Crippen molar-refractivity contribution < 1.29 is 19.4 Å². The maximum atomic E-state index is 13.2. The molecule has 1 amide bonds. The van der Waals surface area contributed by atoms with Gasteiger partial charge < -0.3 is 9.84 Å². The SMILES string of the molecule is CCc1ccc(N2C(=O)C(=O)/C(=C(\O)c3ccc4c(c3)CCO4)C2c2ccncc2)cc1. The smallest absolute Gasteiger partial charge is 0.300 e. The number of aliphatic hydroxyl groups is 1. The number of pyridine rings is 1. The Morgan fingerprint density at radius 2 is 1.84 bits per heavy atom. The van der Waals surface area contributed by atoms with E-state index in [0.29, 0.717) is 23.4 Å². The predicted octanol–water partition coefficient (Wildman–Crippen LogP) is 4.21. The average molecular weight is 426 g/mol. The van der Waals surface area contributed by atoms with Gasteiger partial charge in [0.2, 0.25) is 0 Å². The van der Waals surface area contributed by atoms with Crippen molar-refractivity contribution in [1.82, 2.24) is 4.98 Å². The molecule has 6 heteroatoms. The van der Waals surface area contributed by atoms with E-state index in [4.69, 9.17) is 4.74 Å². The maximum Gasteiger partial charge on any atom is 0.300 e. The van der Waals surface area contributed by atoms with Crippen LogP contribution >= 0.6 is 0 Å². The Kier molecular flexibility index (Phi) is 4.98. The van der Waals surface area contributed by atoms with E-state index in [-0.39, 0.29) is 11.3 Å². The number of hydrogen-bond acceptors (Lipinski definition) is 5. The summed E-state index contributed by atoms with van der Waals surface area (Å²) in [5.41, 5.74) is 3.97. The van der Waals surface area contributed by atoms with E-state index in [1.165, 1.54) is 4.90 Å². The highest BCUT2D eigenvalue weighted by Crippen LogP contribution is 2.42. The van der Waals surface area contributed by atoms with Crippen molar-refractivity contribution in [2.75, 3.05) is 11.5 Å². The van der Waals surface area contributed by atoms with Crippen molar-refractivity contribution in [3.8, 4) is 5.75 Å². The van der Waals surface area contributed by atoms with Crippen LogP contribution in [0.5, 0.6) is 5.75 Å². The Labute approximate surface area is 185 Å². The summed E-state index contributed by atoms with van der Waals surface area (Å²) in [7, 11) is 0. The number of hydrogen-bond donors (Lipinski definition) is 1. The van der Waals surface area contributed by atoms with Crippen molar-refractivity contribution in [2.45, 2.75) is 25.8 Å². The summed E-state index contributed by atoms with van der Waals surface area (Å²) in [5.74, 6) is -0.779. The number of aliphatic hydroxyl groups excluding tert-OH is 1. The minimum absolute atomic E-state index is 0.0691. The molecule has 1 fully saturated rings. The molecule has 6 nitrogen and oxygen atoms in total. The van der Waals surface area contributed by atoms with Crippen LogP contribution in [0.15, 0.2) is 72.6 Å². The van der Waals surface area contributed by atoms with Gasteiger partial charge in [-0.25, -0.2) is 0 Å². The third kappa shape index (κ3) is 3.24. The monoisotopic (exact) mass is 426 g/mol. The van der Waals surface area contributed by atoms with E-state index in [0.717, 1.165) is 29.7 Å². The van der Waals surface area contributed by atoms with Crippen LogP contribution < -0.4 is 9.64 Å². The second-order valence-corrected chi connectivity index (χ2v) is 7.89. The number of Topliss-reactive ketones (excluding diaryl/α,β-unsaturated/α-hetero) is 1. The van der Waals surface area contributed by atoms with Gasteiger partial charge in [-0.3, -0.25) is 19.5 Å². The Hall–Kier alpha value is -3.93. The van der Waals surface area contributed by atoms with Crippen LogP contribution in [-0.2, 0) is 22.4 Å². The van der Waals surface area contributed by atoms with Gasteiger partial charge in [0.05, 0.1) is 18.2 Å². The summed E-state index contributed by atoms with van der Waals surface area (Å²) < 4.78 is 5.55. The maximum absolute atomic E-state index is 13.2. The molecular weight excluding hydrogens is 404 g/mol. The van der Waals surface area contributed by atoms with E-state index < -0.39 is 17.7 Å². The Bertz CT molecular complexity index is 1230. The number of ether oxygens (including phenoxy) is 1. The molecule has 0 aliphatic carbocycles. The molecule has 3 heterocycles. The molecule has 5 rings (SSSR count). The first-order valence-corrected chi connectivity index (χ1v) is 10.6. The molecule has 32 heavy (non-hydrogen) atoms. The van der Waals surface area contributed by atoms with Gasteiger partial charge in [0.25, 0.3) is 11.7 Å². The molecule has 2 aliphatic rings.